The fourth-order valence-corrected chi connectivity index (χ4v) is 5.75. The van der Waals surface area contributed by atoms with Gasteiger partial charge in [-0.1, -0.05) is 60.7 Å². The molecule has 2 heterocycles. The van der Waals surface area contributed by atoms with Gasteiger partial charge in [-0.3, -0.25) is 9.78 Å². The van der Waals surface area contributed by atoms with Crippen LogP contribution in [0, 0.1) is 0 Å². The molecule has 3 atom stereocenters. The maximum absolute atomic E-state index is 13.4. The Morgan fingerprint density at radius 2 is 1.56 bits per heavy atom. The Kier molecular flexibility index (Phi) is 13.3. The number of alkyl carbamates (subject to hydrolysis) is 1. The summed E-state index contributed by atoms with van der Waals surface area (Å²) in [5.41, 5.74) is 6.18. The SMILES string of the molecule is CN(Cc1cscn1)C(=O)N[C@@H](CO)C(=O)N[C@H](CC[C@H](Cc1ccccc1)NC(=O)OCc1cncs1)Cc1ccccc1. The molecule has 238 valence electrons. The number of thiazole rings is 2. The minimum absolute atomic E-state index is 0.133. The zero-order valence-corrected chi connectivity index (χ0v) is 26.6. The summed E-state index contributed by atoms with van der Waals surface area (Å²) >= 11 is 2.84. The number of aliphatic hydroxyl groups excluding tert-OH is 1. The first-order chi connectivity index (χ1) is 21.9. The number of aliphatic hydroxyl groups is 1. The quantitative estimate of drug-likeness (QED) is 0.143. The van der Waals surface area contributed by atoms with Gasteiger partial charge < -0.3 is 30.7 Å². The molecule has 11 nitrogen and oxygen atoms in total. The summed E-state index contributed by atoms with van der Waals surface area (Å²) < 4.78 is 5.43. The highest BCUT2D eigenvalue weighted by Crippen LogP contribution is 2.14. The van der Waals surface area contributed by atoms with Crippen molar-refractivity contribution < 1.29 is 24.2 Å². The van der Waals surface area contributed by atoms with Crippen LogP contribution in [0.3, 0.4) is 0 Å². The molecule has 45 heavy (non-hydrogen) atoms. The van der Waals surface area contributed by atoms with E-state index in [4.69, 9.17) is 4.74 Å². The second-order valence-electron chi connectivity index (χ2n) is 10.6. The Labute approximate surface area is 270 Å². The van der Waals surface area contributed by atoms with Gasteiger partial charge in [-0.05, 0) is 36.8 Å². The van der Waals surface area contributed by atoms with E-state index in [1.54, 1.807) is 24.3 Å². The Balaban J connectivity index is 1.40. The Hall–Kier alpha value is -4.33. The van der Waals surface area contributed by atoms with E-state index in [2.05, 4.69) is 25.9 Å². The second-order valence-corrected chi connectivity index (χ2v) is 12.3. The first-order valence-corrected chi connectivity index (χ1v) is 16.4. The molecule has 4 amide bonds. The van der Waals surface area contributed by atoms with Crippen molar-refractivity contribution in [2.24, 2.45) is 0 Å². The van der Waals surface area contributed by atoms with Gasteiger partial charge in [0.05, 0.1) is 34.7 Å². The minimum Gasteiger partial charge on any atom is -0.444 e. The van der Waals surface area contributed by atoms with Crippen molar-refractivity contribution in [2.75, 3.05) is 13.7 Å². The van der Waals surface area contributed by atoms with Crippen LogP contribution in [0.15, 0.2) is 83.3 Å². The third-order valence-corrected chi connectivity index (χ3v) is 8.43. The lowest BCUT2D eigenvalue weighted by Gasteiger charge is -2.26. The number of carbonyl (C=O) groups excluding carboxylic acids is 3. The van der Waals surface area contributed by atoms with Crippen LogP contribution in [0.25, 0.3) is 0 Å². The van der Waals surface area contributed by atoms with E-state index in [1.807, 2.05) is 66.0 Å². The van der Waals surface area contributed by atoms with Crippen molar-refractivity contribution in [1.82, 2.24) is 30.8 Å². The van der Waals surface area contributed by atoms with Crippen LogP contribution >= 0.6 is 22.7 Å². The second kappa shape index (κ2) is 17.8. The molecule has 4 rings (SSSR count). The summed E-state index contributed by atoms with van der Waals surface area (Å²) in [4.78, 5) is 49.3. The average Bonchev–Trinajstić information content (AvgIpc) is 3.77. The highest BCUT2D eigenvalue weighted by atomic mass is 32.1. The predicted octanol–water partition coefficient (Wildman–Crippen LogP) is 4.15. The molecule has 0 fully saturated rings. The van der Waals surface area contributed by atoms with Gasteiger partial charge in [-0.25, -0.2) is 14.6 Å². The third-order valence-electron chi connectivity index (χ3n) is 7.04. The van der Waals surface area contributed by atoms with E-state index in [9.17, 15) is 19.5 Å². The first-order valence-electron chi connectivity index (χ1n) is 14.6. The van der Waals surface area contributed by atoms with Crippen molar-refractivity contribution in [1.29, 1.82) is 0 Å². The molecule has 0 saturated heterocycles. The summed E-state index contributed by atoms with van der Waals surface area (Å²) in [5.74, 6) is -0.495. The number of carbonyl (C=O) groups is 3. The van der Waals surface area contributed by atoms with Gasteiger partial charge in [0.25, 0.3) is 0 Å². The number of urea groups is 1. The van der Waals surface area contributed by atoms with Gasteiger partial charge in [0.2, 0.25) is 5.91 Å². The van der Waals surface area contributed by atoms with Gasteiger partial charge >= 0.3 is 12.1 Å². The molecule has 0 aliphatic carbocycles. The van der Waals surface area contributed by atoms with Gasteiger partial charge in [0.1, 0.15) is 12.6 Å². The molecule has 0 bridgehead atoms. The highest BCUT2D eigenvalue weighted by molar-refractivity contribution is 7.09. The molecule has 0 saturated carbocycles. The Bertz CT molecular complexity index is 1440. The summed E-state index contributed by atoms with van der Waals surface area (Å²) in [6.45, 7) is -0.160. The van der Waals surface area contributed by atoms with Crippen LogP contribution in [-0.2, 0) is 35.5 Å². The topological polar surface area (TPSA) is 146 Å². The Morgan fingerprint density at radius 1 is 0.911 bits per heavy atom. The number of nitrogens with one attached hydrogen (secondary N) is 3. The van der Waals surface area contributed by atoms with Crippen LogP contribution in [-0.4, -0.2) is 69.8 Å². The number of nitrogens with zero attached hydrogens (tertiary/aromatic N) is 3. The van der Waals surface area contributed by atoms with Gasteiger partial charge in [-0.2, -0.15) is 0 Å². The van der Waals surface area contributed by atoms with Crippen LogP contribution < -0.4 is 16.0 Å². The van der Waals surface area contributed by atoms with Crippen LogP contribution in [0.5, 0.6) is 0 Å². The number of benzene rings is 2. The zero-order chi connectivity index (χ0) is 31.9. The summed E-state index contributed by atoms with van der Waals surface area (Å²) in [5, 5.41) is 20.5. The van der Waals surface area contributed by atoms with E-state index < -0.39 is 30.7 Å². The van der Waals surface area contributed by atoms with Gasteiger partial charge in [0, 0.05) is 30.7 Å². The normalized spacial score (nSPS) is 12.8. The number of aromatic nitrogens is 2. The number of ether oxygens (including phenoxy) is 1. The lowest BCUT2D eigenvalue weighted by molar-refractivity contribution is -0.124. The zero-order valence-electron chi connectivity index (χ0n) is 25.0. The molecule has 0 unspecified atom stereocenters. The molecular formula is C32H38N6O5S2. The molecule has 13 heteroatoms. The molecule has 2 aromatic carbocycles. The molecule has 2 aromatic heterocycles. The summed E-state index contributed by atoms with van der Waals surface area (Å²) in [7, 11) is 1.60. The minimum atomic E-state index is -1.14. The summed E-state index contributed by atoms with van der Waals surface area (Å²) in [6.07, 6.45) is 3.28. The van der Waals surface area contributed by atoms with E-state index in [1.165, 1.54) is 27.6 Å². The third kappa shape index (κ3) is 11.6. The molecule has 4 N–H and O–H groups in total. The lowest BCUT2D eigenvalue weighted by atomic mass is 9.96. The summed E-state index contributed by atoms with van der Waals surface area (Å²) in [6, 6.07) is 17.3. The fraction of sp³-hybridized carbons (Fsp3) is 0.344. The molecule has 0 radical (unpaired) electrons. The fourth-order valence-electron chi connectivity index (χ4n) is 4.69. The van der Waals surface area contributed by atoms with Crippen LogP contribution in [0.4, 0.5) is 9.59 Å². The molecule has 4 aromatic rings. The standard InChI is InChI=1S/C32H38N6O5S2/c1-38(17-27-20-44-22-34-27)31(41)37-29(18-39)30(40)35-25(14-23-8-4-2-5-9-23)12-13-26(15-24-10-6-3-7-11-24)36-32(42)43-19-28-16-33-21-45-28/h2-11,16,20-22,25-26,29,39H,12-15,17-19H2,1H3,(H,35,40)(H,36,42)(H,37,41)/t25-,26-,29+/m1/s1. The maximum atomic E-state index is 13.4. The number of hydrogen-bond acceptors (Lipinski definition) is 9. The lowest BCUT2D eigenvalue weighted by Crippen LogP contribution is -2.54. The van der Waals surface area contributed by atoms with Crippen molar-refractivity contribution in [3.8, 4) is 0 Å². The largest absolute Gasteiger partial charge is 0.444 e. The highest BCUT2D eigenvalue weighted by Gasteiger charge is 2.25. The predicted molar refractivity (Wildman–Crippen MR) is 174 cm³/mol. The van der Waals surface area contributed by atoms with E-state index >= 15 is 0 Å². The van der Waals surface area contributed by atoms with Crippen molar-refractivity contribution in [3.05, 3.63) is 105 Å². The molecular weight excluding hydrogens is 613 g/mol. The van der Waals surface area contributed by atoms with Crippen LogP contribution in [0.2, 0.25) is 0 Å². The van der Waals surface area contributed by atoms with Crippen LogP contribution in [0.1, 0.15) is 34.5 Å². The van der Waals surface area contributed by atoms with Gasteiger partial charge in [0.15, 0.2) is 0 Å². The monoisotopic (exact) mass is 650 g/mol. The van der Waals surface area contributed by atoms with E-state index in [0.29, 0.717) is 25.7 Å². The smallest absolute Gasteiger partial charge is 0.407 e. The molecule has 0 spiro atoms. The van der Waals surface area contributed by atoms with Gasteiger partial charge in [-0.15, -0.1) is 22.7 Å². The van der Waals surface area contributed by atoms with Crippen molar-refractivity contribution in [2.45, 2.75) is 57.0 Å². The average molecular weight is 651 g/mol. The van der Waals surface area contributed by atoms with E-state index in [0.717, 1.165) is 21.7 Å². The maximum Gasteiger partial charge on any atom is 0.407 e. The molecule has 0 aliphatic rings. The number of hydrogen-bond donors (Lipinski definition) is 4. The van der Waals surface area contributed by atoms with Crippen molar-refractivity contribution in [3.63, 3.8) is 0 Å². The Morgan fingerprint density at radius 3 is 2.11 bits per heavy atom. The number of amides is 4. The van der Waals surface area contributed by atoms with Crippen molar-refractivity contribution >= 4 is 40.7 Å². The van der Waals surface area contributed by atoms with E-state index in [-0.39, 0.29) is 25.2 Å². The molecule has 0 aliphatic heterocycles. The first kappa shape index (κ1) is 33.6. The number of rotatable bonds is 16.